The van der Waals surface area contributed by atoms with E-state index in [-0.39, 0.29) is 18.3 Å². The van der Waals surface area contributed by atoms with E-state index in [4.69, 9.17) is 9.47 Å². The molecule has 1 aromatic carbocycles. The van der Waals surface area contributed by atoms with E-state index in [1.54, 1.807) is 11.0 Å². The van der Waals surface area contributed by atoms with Gasteiger partial charge < -0.3 is 18.9 Å². The van der Waals surface area contributed by atoms with Crippen LogP contribution in [0, 0.1) is 31.1 Å². The second-order valence-electron chi connectivity index (χ2n) is 8.01. The van der Waals surface area contributed by atoms with E-state index in [2.05, 4.69) is 31.4 Å². The summed E-state index contributed by atoms with van der Waals surface area (Å²) in [6, 6.07) is 9.79. The predicted molar refractivity (Wildman–Crippen MR) is 116 cm³/mol. The van der Waals surface area contributed by atoms with Crippen LogP contribution in [-0.4, -0.2) is 28.7 Å². The molecule has 1 aliphatic heterocycles. The number of likely N-dealkylation sites (N-methyl/N-ethyl adjacent to an activating group) is 1. The molecular weight excluding hydrogens is 378 g/mol. The zero-order valence-electron chi connectivity index (χ0n) is 18.4. The predicted octanol–water partition coefficient (Wildman–Crippen LogP) is 4.45. The van der Waals surface area contributed by atoms with Crippen molar-refractivity contribution in [2.75, 3.05) is 13.3 Å². The smallest absolute Gasteiger partial charge is 0.264 e. The standard InChI is InChI=1S/C24H29N3O3/c1-6-26(14-19-7-8-22-23(10-19)30-15-29-22)24(28)21(12-25)11-20-9-17(4)27(18(20)5)13-16(2)3/h7-11,16H,6,13-15H2,1-5H3/b21-11+. The Morgan fingerprint density at radius 1 is 1.27 bits per heavy atom. The Morgan fingerprint density at radius 3 is 2.67 bits per heavy atom. The Labute approximate surface area is 178 Å². The Morgan fingerprint density at radius 2 is 2.00 bits per heavy atom. The molecule has 0 aliphatic carbocycles. The third-order valence-corrected chi connectivity index (χ3v) is 5.29. The molecule has 1 aliphatic rings. The van der Waals surface area contributed by atoms with E-state index in [1.165, 1.54) is 0 Å². The van der Waals surface area contributed by atoms with Crippen molar-refractivity contribution in [2.45, 2.75) is 47.7 Å². The first-order chi connectivity index (χ1) is 14.3. The van der Waals surface area contributed by atoms with Gasteiger partial charge in [0.1, 0.15) is 11.6 Å². The normalized spacial score (nSPS) is 12.9. The number of nitriles is 1. The van der Waals surface area contributed by atoms with Crippen molar-refractivity contribution in [3.05, 3.63) is 52.4 Å². The molecule has 0 unspecified atom stereocenters. The maximum Gasteiger partial charge on any atom is 0.264 e. The molecule has 158 valence electrons. The molecule has 6 nitrogen and oxygen atoms in total. The first-order valence-corrected chi connectivity index (χ1v) is 10.3. The van der Waals surface area contributed by atoms with Crippen molar-refractivity contribution in [3.63, 3.8) is 0 Å². The van der Waals surface area contributed by atoms with Crippen molar-refractivity contribution in [3.8, 4) is 17.6 Å². The van der Waals surface area contributed by atoms with Gasteiger partial charge in [0, 0.05) is 31.0 Å². The van der Waals surface area contributed by atoms with Crippen LogP contribution in [0.3, 0.4) is 0 Å². The largest absolute Gasteiger partial charge is 0.454 e. The van der Waals surface area contributed by atoms with Gasteiger partial charge in [0.25, 0.3) is 5.91 Å². The van der Waals surface area contributed by atoms with Crippen molar-refractivity contribution >= 4 is 12.0 Å². The average molecular weight is 408 g/mol. The minimum absolute atomic E-state index is 0.141. The highest BCUT2D eigenvalue weighted by atomic mass is 16.7. The summed E-state index contributed by atoms with van der Waals surface area (Å²) in [5.41, 5.74) is 4.19. The number of rotatable bonds is 7. The summed E-state index contributed by atoms with van der Waals surface area (Å²) in [6.07, 6.45) is 1.71. The Bertz CT molecular complexity index is 1010. The first-order valence-electron chi connectivity index (χ1n) is 10.3. The molecular formula is C24H29N3O3. The number of aromatic nitrogens is 1. The van der Waals surface area contributed by atoms with Gasteiger partial charge in [-0.25, -0.2) is 0 Å². The SMILES string of the molecule is CCN(Cc1ccc2c(c1)OCO2)C(=O)/C(C#N)=C/c1cc(C)n(CC(C)C)c1C. The molecule has 3 rings (SSSR count). The van der Waals surface area contributed by atoms with E-state index in [0.29, 0.717) is 30.5 Å². The fourth-order valence-electron chi connectivity index (χ4n) is 3.67. The van der Waals surface area contributed by atoms with Gasteiger partial charge in [-0.3, -0.25) is 4.79 Å². The molecule has 0 spiro atoms. The molecule has 0 N–H and O–H groups in total. The maximum absolute atomic E-state index is 13.1. The fraction of sp³-hybridized carbons (Fsp3) is 0.417. The van der Waals surface area contributed by atoms with Gasteiger partial charge in [-0.15, -0.1) is 0 Å². The Hall–Kier alpha value is -3.20. The fourth-order valence-corrected chi connectivity index (χ4v) is 3.67. The van der Waals surface area contributed by atoms with E-state index < -0.39 is 0 Å². The van der Waals surface area contributed by atoms with Crippen LogP contribution in [0.1, 0.15) is 43.3 Å². The topological polar surface area (TPSA) is 67.5 Å². The lowest BCUT2D eigenvalue weighted by atomic mass is 10.1. The highest BCUT2D eigenvalue weighted by Crippen LogP contribution is 2.33. The third kappa shape index (κ3) is 4.51. The lowest BCUT2D eigenvalue weighted by Gasteiger charge is -2.20. The third-order valence-electron chi connectivity index (χ3n) is 5.29. The van der Waals surface area contributed by atoms with Crippen LogP contribution < -0.4 is 9.47 Å². The molecule has 0 bridgehead atoms. The maximum atomic E-state index is 13.1. The summed E-state index contributed by atoms with van der Waals surface area (Å²) in [5.74, 6) is 1.64. The molecule has 30 heavy (non-hydrogen) atoms. The molecule has 0 saturated carbocycles. The average Bonchev–Trinajstić information content (AvgIpc) is 3.28. The van der Waals surface area contributed by atoms with Crippen LogP contribution in [-0.2, 0) is 17.9 Å². The number of amides is 1. The van der Waals surface area contributed by atoms with Crippen LogP contribution in [0.15, 0.2) is 29.8 Å². The van der Waals surface area contributed by atoms with Crippen LogP contribution >= 0.6 is 0 Å². The summed E-state index contributed by atoms with van der Waals surface area (Å²) < 4.78 is 13.0. The molecule has 1 aromatic heterocycles. The van der Waals surface area contributed by atoms with E-state index in [9.17, 15) is 10.1 Å². The van der Waals surface area contributed by atoms with Crippen molar-refractivity contribution in [1.29, 1.82) is 5.26 Å². The second kappa shape index (κ2) is 9.08. The molecule has 0 atom stereocenters. The Balaban J connectivity index is 1.83. The highest BCUT2D eigenvalue weighted by molar-refractivity contribution is 6.01. The van der Waals surface area contributed by atoms with Crippen LogP contribution in [0.5, 0.6) is 11.5 Å². The number of aryl methyl sites for hydroxylation is 1. The van der Waals surface area contributed by atoms with Crippen molar-refractivity contribution in [1.82, 2.24) is 9.47 Å². The van der Waals surface area contributed by atoms with Crippen LogP contribution in [0.25, 0.3) is 6.08 Å². The van der Waals surface area contributed by atoms with Crippen molar-refractivity contribution < 1.29 is 14.3 Å². The van der Waals surface area contributed by atoms with Crippen molar-refractivity contribution in [2.24, 2.45) is 5.92 Å². The molecule has 0 radical (unpaired) electrons. The quantitative estimate of drug-likeness (QED) is 0.502. The van der Waals surface area contributed by atoms with E-state index in [1.807, 2.05) is 38.1 Å². The number of hydrogen-bond donors (Lipinski definition) is 0. The summed E-state index contributed by atoms with van der Waals surface area (Å²) >= 11 is 0. The number of carbonyl (C=O) groups excluding carboxylic acids is 1. The second-order valence-corrected chi connectivity index (χ2v) is 8.01. The molecule has 1 amide bonds. The lowest BCUT2D eigenvalue weighted by Crippen LogP contribution is -2.31. The number of carbonyl (C=O) groups is 1. The van der Waals surface area contributed by atoms with Gasteiger partial charge in [-0.2, -0.15) is 5.26 Å². The summed E-state index contributed by atoms with van der Waals surface area (Å²) in [7, 11) is 0. The van der Waals surface area contributed by atoms with Crippen LogP contribution in [0.2, 0.25) is 0 Å². The zero-order valence-corrected chi connectivity index (χ0v) is 18.4. The molecule has 0 saturated heterocycles. The monoisotopic (exact) mass is 407 g/mol. The van der Waals surface area contributed by atoms with Gasteiger partial charge in [-0.05, 0) is 62.1 Å². The first kappa shape index (κ1) is 21.5. The zero-order chi connectivity index (χ0) is 21.8. The highest BCUT2D eigenvalue weighted by Gasteiger charge is 2.20. The molecule has 2 heterocycles. The molecule has 2 aromatic rings. The van der Waals surface area contributed by atoms with Crippen LogP contribution in [0.4, 0.5) is 0 Å². The number of ether oxygens (including phenoxy) is 2. The number of benzene rings is 1. The van der Waals surface area contributed by atoms with Gasteiger partial charge in [0.15, 0.2) is 11.5 Å². The van der Waals surface area contributed by atoms with Gasteiger partial charge in [0.05, 0.1) is 0 Å². The summed E-state index contributed by atoms with van der Waals surface area (Å²) in [4.78, 5) is 14.8. The van der Waals surface area contributed by atoms with Gasteiger partial charge in [0.2, 0.25) is 6.79 Å². The molecule has 0 fully saturated rings. The summed E-state index contributed by atoms with van der Waals surface area (Å²) in [6.45, 7) is 12.4. The minimum Gasteiger partial charge on any atom is -0.454 e. The lowest BCUT2D eigenvalue weighted by molar-refractivity contribution is -0.127. The van der Waals surface area contributed by atoms with E-state index >= 15 is 0 Å². The Kier molecular flexibility index (Phi) is 6.51. The summed E-state index contributed by atoms with van der Waals surface area (Å²) in [5, 5.41) is 9.70. The van der Waals surface area contributed by atoms with E-state index in [0.717, 1.165) is 29.1 Å². The number of fused-ring (bicyclic) bond motifs is 1. The van der Waals surface area contributed by atoms with Gasteiger partial charge in [-0.1, -0.05) is 19.9 Å². The minimum atomic E-state index is -0.272. The molecule has 6 heteroatoms. The van der Waals surface area contributed by atoms with Gasteiger partial charge >= 0.3 is 0 Å². The number of nitrogens with zero attached hydrogens (tertiary/aromatic N) is 3. The number of hydrogen-bond acceptors (Lipinski definition) is 4.